The van der Waals surface area contributed by atoms with Gasteiger partial charge in [-0.05, 0) is 60.9 Å². The van der Waals surface area contributed by atoms with Crippen molar-refractivity contribution >= 4 is 28.9 Å². The second-order valence-electron chi connectivity index (χ2n) is 9.92. The normalized spacial score (nSPS) is 12.8. The molecule has 44 heavy (non-hydrogen) atoms. The summed E-state index contributed by atoms with van der Waals surface area (Å²) in [5, 5.41) is 3.41. The zero-order valence-corrected chi connectivity index (χ0v) is 23.8. The molecule has 0 radical (unpaired) electrons. The lowest BCUT2D eigenvalue weighted by atomic mass is 10.1. The monoisotopic (exact) mass is 585 g/mol. The number of amides is 1. The Balaban J connectivity index is 1.08. The predicted molar refractivity (Wildman–Crippen MR) is 167 cm³/mol. The molecule has 1 amide bonds. The molecular formula is C34H28FN7O2. The van der Waals surface area contributed by atoms with Crippen molar-refractivity contribution in [1.29, 1.82) is 0 Å². The lowest BCUT2D eigenvalue weighted by Gasteiger charge is -2.10. The molecule has 4 heterocycles. The molecule has 1 aliphatic heterocycles. The van der Waals surface area contributed by atoms with E-state index < -0.39 is 11.7 Å². The first-order valence-corrected chi connectivity index (χ1v) is 14.3. The number of carbonyl (C=O) groups is 1. The van der Waals surface area contributed by atoms with E-state index in [0.717, 1.165) is 53.0 Å². The maximum absolute atomic E-state index is 13.7. The molecule has 0 fully saturated rings. The van der Waals surface area contributed by atoms with Gasteiger partial charge in [0.05, 0.1) is 17.2 Å². The smallest absolute Gasteiger partial charge is 0.298 e. The van der Waals surface area contributed by atoms with Crippen LogP contribution in [-0.2, 0) is 12.8 Å². The number of oxazole rings is 1. The van der Waals surface area contributed by atoms with E-state index in [-0.39, 0.29) is 11.4 Å². The number of imidazole rings is 1. The van der Waals surface area contributed by atoms with Crippen LogP contribution >= 0.6 is 0 Å². The fraction of sp³-hybridized carbons (Fsp3) is 0.176. The number of hydrogen-bond acceptors (Lipinski definition) is 7. The summed E-state index contributed by atoms with van der Waals surface area (Å²) in [6.45, 7) is 2.03. The number of benzene rings is 2. The van der Waals surface area contributed by atoms with Crippen LogP contribution in [0.4, 0.5) is 4.39 Å². The molecule has 1 N–H and O–H groups in total. The van der Waals surface area contributed by atoms with Crippen LogP contribution in [0.1, 0.15) is 39.9 Å². The molecule has 0 unspecified atom stereocenters. The summed E-state index contributed by atoms with van der Waals surface area (Å²) in [6.07, 6.45) is 9.93. The summed E-state index contributed by atoms with van der Waals surface area (Å²) in [6, 6.07) is 19.0. The van der Waals surface area contributed by atoms with Gasteiger partial charge in [0.15, 0.2) is 11.6 Å². The number of carbonyl (C=O) groups excluding carboxylic acids is 1. The highest BCUT2D eigenvalue weighted by Crippen LogP contribution is 2.23. The van der Waals surface area contributed by atoms with Gasteiger partial charge in [-0.3, -0.25) is 19.3 Å². The van der Waals surface area contributed by atoms with Crippen LogP contribution in [0.3, 0.4) is 0 Å². The fourth-order valence-electron chi connectivity index (χ4n) is 4.69. The van der Waals surface area contributed by atoms with Gasteiger partial charge in [0.25, 0.3) is 5.91 Å². The molecule has 3 aromatic heterocycles. The van der Waals surface area contributed by atoms with Crippen LogP contribution in [0.2, 0.25) is 0 Å². The van der Waals surface area contributed by atoms with Gasteiger partial charge in [-0.25, -0.2) is 19.4 Å². The Kier molecular flexibility index (Phi) is 8.85. The van der Waals surface area contributed by atoms with E-state index >= 15 is 0 Å². The van der Waals surface area contributed by atoms with Crippen molar-refractivity contribution in [2.45, 2.75) is 19.3 Å². The molecule has 10 heteroatoms. The minimum Gasteiger partial charge on any atom is -0.448 e. The summed E-state index contributed by atoms with van der Waals surface area (Å²) >= 11 is 0. The number of fused-ring (bicyclic) bond motifs is 1. The molecule has 218 valence electrons. The third-order valence-electron chi connectivity index (χ3n) is 6.83. The molecule has 0 saturated carbocycles. The van der Waals surface area contributed by atoms with Crippen molar-refractivity contribution in [2.24, 2.45) is 9.98 Å². The SMILES string of the molecule is O=C(N=Cc1ncccc1F)c1coc(CCNCCc2nc3cc(C#CC4=NCCC=C4)ccc3n2-c2ccccc2)n1. The Morgan fingerprint density at radius 1 is 1.07 bits per heavy atom. The molecule has 0 bridgehead atoms. The molecular weight excluding hydrogens is 557 g/mol. The Hall–Kier alpha value is -5.53. The van der Waals surface area contributed by atoms with E-state index in [1.807, 2.05) is 36.4 Å². The largest absolute Gasteiger partial charge is 0.448 e. The van der Waals surface area contributed by atoms with E-state index in [9.17, 15) is 9.18 Å². The highest BCUT2D eigenvalue weighted by Gasteiger charge is 2.14. The second kappa shape index (κ2) is 13.6. The molecule has 5 aromatic rings. The van der Waals surface area contributed by atoms with Crippen molar-refractivity contribution in [3.05, 3.63) is 120 Å². The molecule has 1 aliphatic rings. The average molecular weight is 586 g/mol. The zero-order valence-electron chi connectivity index (χ0n) is 23.8. The Morgan fingerprint density at radius 2 is 1.95 bits per heavy atom. The van der Waals surface area contributed by atoms with Crippen LogP contribution in [0.25, 0.3) is 16.7 Å². The Bertz CT molecular complexity index is 1940. The fourth-order valence-corrected chi connectivity index (χ4v) is 4.69. The lowest BCUT2D eigenvalue weighted by molar-refractivity contribution is 0.0998. The maximum Gasteiger partial charge on any atom is 0.298 e. The number of para-hydroxylation sites is 1. The van der Waals surface area contributed by atoms with Crippen LogP contribution in [0, 0.1) is 17.7 Å². The average Bonchev–Trinajstić information content (AvgIpc) is 3.68. The number of pyridine rings is 1. The number of aromatic nitrogens is 4. The van der Waals surface area contributed by atoms with E-state index in [2.05, 4.69) is 66.0 Å². The van der Waals surface area contributed by atoms with Gasteiger partial charge in [-0.1, -0.05) is 30.2 Å². The minimum atomic E-state index is -0.633. The number of dihydropyridines is 1. The number of hydrogen-bond donors (Lipinski definition) is 1. The van der Waals surface area contributed by atoms with Gasteiger partial charge in [-0.15, -0.1) is 0 Å². The standard InChI is InChI=1S/C34H28FN7O2/c35-27-10-6-18-38-29(27)22-39-34(43)30-23-44-33(41-30)16-20-36-19-15-32-40-28-21-24(11-13-25-7-4-5-17-37-25)12-14-31(28)42(32)26-8-2-1-3-9-26/h1-4,6-10,12,14,18,21-23,36H,5,15-17,19-20H2. The highest BCUT2D eigenvalue weighted by atomic mass is 19.1. The van der Waals surface area contributed by atoms with Gasteiger partial charge in [0.2, 0.25) is 0 Å². The third-order valence-corrected chi connectivity index (χ3v) is 6.83. The number of allylic oxidation sites excluding steroid dienone is 1. The summed E-state index contributed by atoms with van der Waals surface area (Å²) in [5.41, 5.74) is 4.65. The topological polar surface area (TPSA) is 111 Å². The van der Waals surface area contributed by atoms with Crippen LogP contribution in [0.5, 0.6) is 0 Å². The van der Waals surface area contributed by atoms with Crippen molar-refractivity contribution < 1.29 is 13.6 Å². The van der Waals surface area contributed by atoms with Gasteiger partial charge in [-0.2, -0.15) is 0 Å². The van der Waals surface area contributed by atoms with E-state index in [4.69, 9.17) is 9.40 Å². The van der Waals surface area contributed by atoms with Crippen molar-refractivity contribution in [2.75, 3.05) is 19.6 Å². The molecule has 6 rings (SSSR count). The van der Waals surface area contributed by atoms with Crippen molar-refractivity contribution in [3.63, 3.8) is 0 Å². The van der Waals surface area contributed by atoms with Gasteiger partial charge in [0.1, 0.15) is 29.3 Å². The third kappa shape index (κ3) is 6.91. The van der Waals surface area contributed by atoms with Gasteiger partial charge in [0, 0.05) is 49.9 Å². The van der Waals surface area contributed by atoms with E-state index in [1.165, 1.54) is 24.6 Å². The Labute approximate surface area is 253 Å². The van der Waals surface area contributed by atoms with Gasteiger partial charge >= 0.3 is 0 Å². The number of nitrogens with zero attached hydrogens (tertiary/aromatic N) is 6. The van der Waals surface area contributed by atoms with E-state index in [1.54, 1.807) is 0 Å². The van der Waals surface area contributed by atoms with Crippen molar-refractivity contribution in [1.82, 2.24) is 24.8 Å². The minimum absolute atomic E-state index is 0.0218. The molecule has 0 spiro atoms. The number of nitrogens with one attached hydrogen (secondary N) is 1. The summed E-state index contributed by atoms with van der Waals surface area (Å²) in [5.74, 6) is 6.51. The first kappa shape index (κ1) is 28.6. The Morgan fingerprint density at radius 3 is 2.80 bits per heavy atom. The number of aliphatic imine (C=N–C) groups is 2. The summed E-state index contributed by atoms with van der Waals surface area (Å²) in [4.78, 5) is 33.5. The molecule has 0 atom stereocenters. The number of halogens is 1. The van der Waals surface area contributed by atoms with Crippen LogP contribution < -0.4 is 5.32 Å². The zero-order chi connectivity index (χ0) is 30.1. The first-order chi connectivity index (χ1) is 21.6. The maximum atomic E-state index is 13.7. The van der Waals surface area contributed by atoms with Crippen molar-refractivity contribution in [3.8, 4) is 17.5 Å². The number of rotatable bonds is 9. The molecule has 9 nitrogen and oxygen atoms in total. The summed E-state index contributed by atoms with van der Waals surface area (Å²) in [7, 11) is 0. The summed E-state index contributed by atoms with van der Waals surface area (Å²) < 4.78 is 21.3. The predicted octanol–water partition coefficient (Wildman–Crippen LogP) is 4.93. The molecule has 0 saturated heterocycles. The lowest BCUT2D eigenvalue weighted by Crippen LogP contribution is -2.21. The van der Waals surface area contributed by atoms with Crippen LogP contribution in [0.15, 0.2) is 99.7 Å². The van der Waals surface area contributed by atoms with E-state index in [0.29, 0.717) is 31.8 Å². The second-order valence-corrected chi connectivity index (χ2v) is 9.92. The first-order valence-electron chi connectivity index (χ1n) is 14.3. The molecule has 2 aromatic carbocycles. The quantitative estimate of drug-likeness (QED) is 0.149. The van der Waals surface area contributed by atoms with Crippen LogP contribution in [-0.4, -0.2) is 57.0 Å². The highest BCUT2D eigenvalue weighted by molar-refractivity contribution is 6.09. The van der Waals surface area contributed by atoms with Gasteiger partial charge < -0.3 is 9.73 Å². The molecule has 0 aliphatic carbocycles.